The highest BCUT2D eigenvalue weighted by Gasteiger charge is 2.53. The number of aromatic nitrogens is 3. The number of nitrogens with zero attached hydrogens (tertiary/aromatic N) is 4. The number of rotatable bonds is 5. The molecule has 0 aliphatic carbocycles. The average Bonchev–Trinajstić information content (AvgIpc) is 3.24. The molecular weight excluding hydrogens is 454 g/mol. The maximum atomic E-state index is 14.6. The quantitative estimate of drug-likeness (QED) is 0.301. The number of carbonyl (C=O) groups excluding carboxylic acids is 1. The highest BCUT2D eigenvalue weighted by molar-refractivity contribution is 5.66. The molecule has 0 saturated carbocycles. The van der Waals surface area contributed by atoms with Gasteiger partial charge in [-0.2, -0.15) is 0 Å². The first-order valence-electron chi connectivity index (χ1n) is 10.8. The number of hydrogen-bond donors (Lipinski definition) is 1. The summed E-state index contributed by atoms with van der Waals surface area (Å²) >= 11 is 0. The number of carbonyl (C=O) groups is 1. The highest BCUT2D eigenvalue weighted by Crippen LogP contribution is 2.40. The molecule has 10 nitrogen and oxygen atoms in total. The summed E-state index contributed by atoms with van der Waals surface area (Å²) < 4.78 is 53.7. The first-order valence-corrected chi connectivity index (χ1v) is 10.8. The normalized spacial score (nSPS) is 28.6. The van der Waals surface area contributed by atoms with Gasteiger partial charge in [0.2, 0.25) is 0 Å². The van der Waals surface area contributed by atoms with Crippen LogP contribution in [0.5, 0.6) is 0 Å². The lowest BCUT2D eigenvalue weighted by Crippen LogP contribution is -2.62. The number of hydrogen-bond acceptors (Lipinski definition) is 9. The third kappa shape index (κ3) is 4.65. The molecule has 2 fully saturated rings. The van der Waals surface area contributed by atoms with Crippen molar-refractivity contribution < 1.29 is 37.7 Å². The second kappa shape index (κ2) is 9.35. The van der Waals surface area contributed by atoms with E-state index >= 15 is 0 Å². The molecule has 0 bridgehead atoms. The van der Waals surface area contributed by atoms with E-state index in [0.29, 0.717) is 0 Å². The molecule has 0 spiro atoms. The van der Waals surface area contributed by atoms with Crippen molar-refractivity contribution in [2.45, 2.75) is 70.4 Å². The van der Waals surface area contributed by atoms with Gasteiger partial charge >= 0.3 is 5.97 Å². The van der Waals surface area contributed by atoms with Crippen molar-refractivity contribution in [1.82, 2.24) is 15.0 Å². The van der Waals surface area contributed by atoms with Gasteiger partial charge in [0.25, 0.3) is 0 Å². The van der Waals surface area contributed by atoms with Crippen LogP contribution in [-0.4, -0.2) is 69.2 Å². The molecule has 5 atom stereocenters. The van der Waals surface area contributed by atoms with Gasteiger partial charge in [-0.25, -0.2) is 13.5 Å². The largest absolute Gasteiger partial charge is 0.457 e. The smallest absolute Gasteiger partial charge is 0.303 e. The summed E-state index contributed by atoms with van der Waals surface area (Å²) in [7, 11) is 0. The summed E-state index contributed by atoms with van der Waals surface area (Å²) in [5, 5.41) is 20.1. The zero-order chi connectivity index (χ0) is 24.6. The Balaban J connectivity index is 1.77. The number of esters is 1. The SMILES string of the molecule is CC(=O)O[C@@H]1[C@@H](n2cc(-c3ccc(C)c(F)c3F)nn2)[C@H]2OC(C)(C)OC[C@H]2O[C@@H]1CC=NO. The van der Waals surface area contributed by atoms with Crippen molar-refractivity contribution in [2.24, 2.45) is 5.16 Å². The monoisotopic (exact) mass is 480 g/mol. The first kappa shape index (κ1) is 24.2. The zero-order valence-electron chi connectivity index (χ0n) is 19.1. The Morgan fingerprint density at radius 3 is 2.85 bits per heavy atom. The number of aryl methyl sites for hydroxylation is 1. The molecule has 2 aromatic rings. The van der Waals surface area contributed by atoms with E-state index in [1.807, 2.05) is 0 Å². The molecule has 0 amide bonds. The van der Waals surface area contributed by atoms with Gasteiger partial charge in [-0.05, 0) is 32.4 Å². The second-order valence-electron chi connectivity index (χ2n) is 8.75. The van der Waals surface area contributed by atoms with Gasteiger partial charge < -0.3 is 24.2 Å². The van der Waals surface area contributed by atoms with Crippen LogP contribution in [0, 0.1) is 18.6 Å². The van der Waals surface area contributed by atoms with Gasteiger partial charge in [-0.1, -0.05) is 11.3 Å². The number of ether oxygens (including phenoxy) is 4. The molecule has 2 saturated heterocycles. The molecule has 34 heavy (non-hydrogen) atoms. The summed E-state index contributed by atoms with van der Waals surface area (Å²) in [5.74, 6) is -3.53. The number of benzene rings is 1. The van der Waals surface area contributed by atoms with E-state index in [2.05, 4.69) is 15.5 Å². The fraction of sp³-hybridized carbons (Fsp3) is 0.545. The first-order chi connectivity index (χ1) is 16.1. The van der Waals surface area contributed by atoms with Crippen LogP contribution < -0.4 is 0 Å². The van der Waals surface area contributed by atoms with Gasteiger partial charge in [0, 0.05) is 25.1 Å². The fourth-order valence-electron chi connectivity index (χ4n) is 4.30. The summed E-state index contributed by atoms with van der Waals surface area (Å²) in [6.07, 6.45) is -0.0888. The van der Waals surface area contributed by atoms with Crippen molar-refractivity contribution >= 4 is 12.2 Å². The van der Waals surface area contributed by atoms with Crippen LogP contribution in [0.4, 0.5) is 8.78 Å². The third-order valence-electron chi connectivity index (χ3n) is 5.86. The standard InChI is InChI=1S/C22H26F2N4O6/c1-11-5-6-13(18(24)17(11)23)14-9-28(27-26-14)19-20(32-12(2)29)15(7-8-25-30)33-16-10-31-22(3,4)34-21(16)19/h5-6,8-9,15-16,19-21,30H,7,10H2,1-4H3/t15-,16-,19-,20+,21+/m1/s1. The third-order valence-corrected chi connectivity index (χ3v) is 5.86. The zero-order valence-corrected chi connectivity index (χ0v) is 19.1. The van der Waals surface area contributed by atoms with Crippen molar-refractivity contribution in [3.05, 3.63) is 35.5 Å². The minimum Gasteiger partial charge on any atom is -0.457 e. The molecule has 1 aromatic carbocycles. The molecule has 4 rings (SSSR count). The van der Waals surface area contributed by atoms with E-state index in [9.17, 15) is 13.6 Å². The highest BCUT2D eigenvalue weighted by atomic mass is 19.2. The van der Waals surface area contributed by atoms with Gasteiger partial charge in [0.1, 0.15) is 30.0 Å². The maximum absolute atomic E-state index is 14.6. The van der Waals surface area contributed by atoms with Crippen molar-refractivity contribution in [1.29, 1.82) is 0 Å². The Labute approximate surface area is 194 Å². The van der Waals surface area contributed by atoms with Crippen LogP contribution in [-0.2, 0) is 23.7 Å². The van der Waals surface area contributed by atoms with Crippen LogP contribution in [0.25, 0.3) is 11.3 Å². The summed E-state index contributed by atoms with van der Waals surface area (Å²) in [5.41, 5.74) is 0.210. The number of fused-ring (bicyclic) bond motifs is 1. The topological polar surface area (TPSA) is 117 Å². The molecule has 184 valence electrons. The maximum Gasteiger partial charge on any atom is 0.303 e. The average molecular weight is 480 g/mol. The molecule has 12 heteroatoms. The lowest BCUT2D eigenvalue weighted by molar-refractivity contribution is -0.348. The van der Waals surface area contributed by atoms with Crippen molar-refractivity contribution in [3.8, 4) is 11.3 Å². The summed E-state index contributed by atoms with van der Waals surface area (Å²) in [6, 6.07) is 2.13. The molecule has 0 unspecified atom stereocenters. The second-order valence-corrected chi connectivity index (χ2v) is 8.75. The summed E-state index contributed by atoms with van der Waals surface area (Å²) in [6.45, 7) is 6.39. The Bertz CT molecular complexity index is 1090. The molecule has 2 aliphatic rings. The van der Waals surface area contributed by atoms with Gasteiger partial charge in [-0.3, -0.25) is 4.79 Å². The lowest BCUT2D eigenvalue weighted by atomic mass is 9.90. The summed E-state index contributed by atoms with van der Waals surface area (Å²) in [4.78, 5) is 12.0. The van der Waals surface area contributed by atoms with E-state index in [0.717, 1.165) is 0 Å². The predicted molar refractivity (Wildman–Crippen MR) is 113 cm³/mol. The van der Waals surface area contributed by atoms with Gasteiger partial charge in [0.05, 0.1) is 12.8 Å². The van der Waals surface area contributed by atoms with E-state index < -0.39 is 53.8 Å². The van der Waals surface area contributed by atoms with Crippen LogP contribution in [0.3, 0.4) is 0 Å². The molecule has 0 radical (unpaired) electrons. The Kier molecular flexibility index (Phi) is 6.65. The molecule has 1 aromatic heterocycles. The van der Waals surface area contributed by atoms with E-state index in [1.165, 1.54) is 43.1 Å². The van der Waals surface area contributed by atoms with Crippen LogP contribution >= 0.6 is 0 Å². The lowest BCUT2D eigenvalue weighted by Gasteiger charge is -2.50. The predicted octanol–water partition coefficient (Wildman–Crippen LogP) is 2.77. The Morgan fingerprint density at radius 2 is 2.15 bits per heavy atom. The van der Waals surface area contributed by atoms with E-state index in [1.54, 1.807) is 13.8 Å². The molecule has 1 N–H and O–H groups in total. The van der Waals surface area contributed by atoms with Crippen LogP contribution in [0.2, 0.25) is 0 Å². The Morgan fingerprint density at radius 1 is 1.38 bits per heavy atom. The minimum atomic E-state index is -1.03. The number of halogens is 2. The minimum absolute atomic E-state index is 0.0563. The molecular formula is C22H26F2N4O6. The van der Waals surface area contributed by atoms with Gasteiger partial charge in [-0.15, -0.1) is 10.3 Å². The van der Waals surface area contributed by atoms with Crippen molar-refractivity contribution in [2.75, 3.05) is 6.61 Å². The van der Waals surface area contributed by atoms with Crippen LogP contribution in [0.1, 0.15) is 38.8 Å². The van der Waals surface area contributed by atoms with Crippen molar-refractivity contribution in [3.63, 3.8) is 0 Å². The number of oxime groups is 1. The molecule has 3 heterocycles. The van der Waals surface area contributed by atoms with E-state index in [4.69, 9.17) is 24.2 Å². The van der Waals surface area contributed by atoms with E-state index in [-0.39, 0.29) is 29.8 Å². The van der Waals surface area contributed by atoms with Gasteiger partial charge in [0.15, 0.2) is 23.5 Å². The fourth-order valence-corrected chi connectivity index (χ4v) is 4.30. The molecule has 2 aliphatic heterocycles. The van der Waals surface area contributed by atoms with Crippen LogP contribution in [0.15, 0.2) is 23.5 Å². The Hall–Kier alpha value is -2.96.